The maximum atomic E-state index is 11.3. The van der Waals surface area contributed by atoms with Gasteiger partial charge in [-0.3, -0.25) is 9.59 Å². The zero-order valence-electron chi connectivity index (χ0n) is 11.3. The molecule has 0 aliphatic rings. The van der Waals surface area contributed by atoms with Gasteiger partial charge in [-0.05, 0) is 29.3 Å². The Morgan fingerprint density at radius 1 is 1.05 bits per heavy atom. The lowest BCUT2D eigenvalue weighted by Gasteiger charge is -2.07. The second kappa shape index (κ2) is 6.95. The fourth-order valence-electron chi connectivity index (χ4n) is 1.93. The molecule has 0 aliphatic carbocycles. The molecule has 4 nitrogen and oxygen atoms in total. The predicted molar refractivity (Wildman–Crippen MR) is 82.3 cm³/mol. The third-order valence-corrected chi connectivity index (χ3v) is 4.02. The van der Waals surface area contributed by atoms with Crippen LogP contribution in [0.15, 0.2) is 53.4 Å². The smallest absolute Gasteiger partial charge is 0.307 e. The van der Waals surface area contributed by atoms with Crippen molar-refractivity contribution < 1.29 is 14.7 Å². The number of amides is 1. The number of aliphatic carboxylic acids is 1. The Morgan fingerprint density at radius 3 is 2.33 bits per heavy atom. The van der Waals surface area contributed by atoms with Crippen molar-refractivity contribution in [1.29, 1.82) is 0 Å². The molecule has 0 bridgehead atoms. The van der Waals surface area contributed by atoms with Crippen LogP contribution in [0.2, 0.25) is 0 Å². The Kier molecular flexibility index (Phi) is 5.00. The number of hydrogen-bond acceptors (Lipinski definition) is 3. The monoisotopic (exact) mass is 301 g/mol. The average Bonchev–Trinajstić information content (AvgIpc) is 2.46. The number of thioether (sulfide) groups is 1. The SMILES string of the molecule is NC(=O)c1ccccc1CSc1ccc(CC(=O)O)cc1. The van der Waals surface area contributed by atoms with Crippen LogP contribution in [0.25, 0.3) is 0 Å². The summed E-state index contributed by atoms with van der Waals surface area (Å²) in [6, 6.07) is 14.6. The molecule has 0 fully saturated rings. The molecule has 2 rings (SSSR count). The number of carboxylic acids is 1. The van der Waals surface area contributed by atoms with Gasteiger partial charge in [-0.1, -0.05) is 30.3 Å². The van der Waals surface area contributed by atoms with Crippen molar-refractivity contribution >= 4 is 23.6 Å². The molecule has 0 atom stereocenters. The molecule has 0 spiro atoms. The zero-order valence-corrected chi connectivity index (χ0v) is 12.1. The molecule has 0 saturated carbocycles. The molecule has 21 heavy (non-hydrogen) atoms. The molecular weight excluding hydrogens is 286 g/mol. The minimum absolute atomic E-state index is 0.0233. The number of nitrogens with two attached hydrogens (primary N) is 1. The van der Waals surface area contributed by atoms with E-state index in [1.165, 1.54) is 0 Å². The van der Waals surface area contributed by atoms with Crippen molar-refractivity contribution in [3.05, 3.63) is 65.2 Å². The van der Waals surface area contributed by atoms with E-state index in [0.717, 1.165) is 16.0 Å². The lowest BCUT2D eigenvalue weighted by atomic mass is 10.1. The fraction of sp³-hybridized carbons (Fsp3) is 0.125. The summed E-state index contributed by atoms with van der Waals surface area (Å²) in [6.45, 7) is 0. The van der Waals surface area contributed by atoms with E-state index < -0.39 is 11.9 Å². The van der Waals surface area contributed by atoms with Gasteiger partial charge in [0, 0.05) is 16.2 Å². The van der Waals surface area contributed by atoms with E-state index in [-0.39, 0.29) is 6.42 Å². The Balaban J connectivity index is 2.03. The second-order valence-electron chi connectivity index (χ2n) is 4.52. The van der Waals surface area contributed by atoms with E-state index in [2.05, 4.69) is 0 Å². The highest BCUT2D eigenvalue weighted by molar-refractivity contribution is 7.98. The van der Waals surface area contributed by atoms with Crippen molar-refractivity contribution in [1.82, 2.24) is 0 Å². The van der Waals surface area contributed by atoms with Crippen molar-refractivity contribution in [2.24, 2.45) is 5.73 Å². The molecule has 3 N–H and O–H groups in total. The molecule has 0 aromatic heterocycles. The van der Waals surface area contributed by atoms with Gasteiger partial charge in [-0.15, -0.1) is 11.8 Å². The standard InChI is InChI=1S/C16H15NO3S/c17-16(20)14-4-2-1-3-12(14)10-21-13-7-5-11(6-8-13)9-15(18)19/h1-8H,9-10H2,(H2,17,20)(H,18,19). The van der Waals surface area contributed by atoms with Gasteiger partial charge >= 0.3 is 5.97 Å². The summed E-state index contributed by atoms with van der Waals surface area (Å²) >= 11 is 1.58. The number of benzene rings is 2. The normalized spacial score (nSPS) is 10.3. The van der Waals surface area contributed by atoms with Gasteiger partial charge in [0.25, 0.3) is 0 Å². The Morgan fingerprint density at radius 2 is 1.71 bits per heavy atom. The van der Waals surface area contributed by atoms with Gasteiger partial charge in [0.2, 0.25) is 5.91 Å². The van der Waals surface area contributed by atoms with Crippen LogP contribution in [0, 0.1) is 0 Å². The van der Waals surface area contributed by atoms with Gasteiger partial charge < -0.3 is 10.8 Å². The van der Waals surface area contributed by atoms with E-state index in [0.29, 0.717) is 11.3 Å². The molecule has 0 unspecified atom stereocenters. The summed E-state index contributed by atoms with van der Waals surface area (Å²) < 4.78 is 0. The average molecular weight is 301 g/mol. The molecule has 0 radical (unpaired) electrons. The first-order valence-corrected chi connectivity index (χ1v) is 7.36. The van der Waals surface area contributed by atoms with Gasteiger partial charge in [-0.25, -0.2) is 0 Å². The summed E-state index contributed by atoms with van der Waals surface area (Å²) in [5.74, 6) is -0.633. The number of carboxylic acid groups (broad SMARTS) is 1. The first-order valence-electron chi connectivity index (χ1n) is 6.37. The number of rotatable bonds is 6. The van der Waals surface area contributed by atoms with Gasteiger partial charge in [0.15, 0.2) is 0 Å². The summed E-state index contributed by atoms with van der Waals surface area (Å²) in [5.41, 5.74) is 7.54. The lowest BCUT2D eigenvalue weighted by molar-refractivity contribution is -0.136. The van der Waals surface area contributed by atoms with Gasteiger partial charge in [0.1, 0.15) is 0 Å². The summed E-state index contributed by atoms with van der Waals surface area (Å²) in [7, 11) is 0. The maximum Gasteiger partial charge on any atom is 0.307 e. The topological polar surface area (TPSA) is 80.4 Å². The van der Waals surface area contributed by atoms with E-state index in [1.54, 1.807) is 36.0 Å². The van der Waals surface area contributed by atoms with E-state index >= 15 is 0 Å². The summed E-state index contributed by atoms with van der Waals surface area (Å²) in [4.78, 5) is 23.0. The van der Waals surface area contributed by atoms with Crippen LogP contribution in [0.3, 0.4) is 0 Å². The molecule has 2 aromatic rings. The highest BCUT2D eigenvalue weighted by atomic mass is 32.2. The second-order valence-corrected chi connectivity index (χ2v) is 5.57. The molecule has 0 saturated heterocycles. The number of hydrogen-bond donors (Lipinski definition) is 2. The van der Waals surface area contributed by atoms with Gasteiger partial charge in [-0.2, -0.15) is 0 Å². The fourth-order valence-corrected chi connectivity index (χ4v) is 2.83. The maximum absolute atomic E-state index is 11.3. The molecule has 108 valence electrons. The van der Waals surface area contributed by atoms with Crippen molar-refractivity contribution in [3.8, 4) is 0 Å². The van der Waals surface area contributed by atoms with Crippen molar-refractivity contribution in [2.75, 3.05) is 0 Å². The summed E-state index contributed by atoms with van der Waals surface area (Å²) in [5, 5.41) is 8.72. The number of primary amides is 1. The molecule has 0 aliphatic heterocycles. The van der Waals surface area contributed by atoms with Crippen LogP contribution in [-0.2, 0) is 17.0 Å². The Labute approximate surface area is 127 Å². The van der Waals surface area contributed by atoms with Gasteiger partial charge in [0.05, 0.1) is 6.42 Å². The van der Waals surface area contributed by atoms with Crippen LogP contribution in [-0.4, -0.2) is 17.0 Å². The highest BCUT2D eigenvalue weighted by Crippen LogP contribution is 2.24. The third kappa shape index (κ3) is 4.36. The molecule has 1 amide bonds. The molecule has 2 aromatic carbocycles. The molecular formula is C16H15NO3S. The Hall–Kier alpha value is -2.27. The first kappa shape index (κ1) is 15.1. The minimum Gasteiger partial charge on any atom is -0.481 e. The van der Waals surface area contributed by atoms with Crippen molar-refractivity contribution in [2.45, 2.75) is 17.1 Å². The van der Waals surface area contributed by atoms with Crippen LogP contribution in [0.5, 0.6) is 0 Å². The zero-order chi connectivity index (χ0) is 15.2. The van der Waals surface area contributed by atoms with Crippen molar-refractivity contribution in [3.63, 3.8) is 0 Å². The van der Waals surface area contributed by atoms with Crippen LogP contribution in [0.1, 0.15) is 21.5 Å². The summed E-state index contributed by atoms with van der Waals surface area (Å²) in [6.07, 6.45) is 0.0233. The largest absolute Gasteiger partial charge is 0.481 e. The van der Waals surface area contributed by atoms with Crippen LogP contribution < -0.4 is 5.73 Å². The molecule has 5 heteroatoms. The first-order chi connectivity index (χ1) is 10.1. The van der Waals surface area contributed by atoms with Crippen LogP contribution in [0.4, 0.5) is 0 Å². The quantitative estimate of drug-likeness (QED) is 0.804. The van der Waals surface area contributed by atoms with Crippen LogP contribution >= 0.6 is 11.8 Å². The van der Waals surface area contributed by atoms with E-state index in [1.807, 2.05) is 24.3 Å². The lowest BCUT2D eigenvalue weighted by Crippen LogP contribution is -2.13. The predicted octanol–water partition coefficient (Wildman–Crippen LogP) is 2.70. The highest BCUT2D eigenvalue weighted by Gasteiger charge is 2.07. The van der Waals surface area contributed by atoms with E-state index in [9.17, 15) is 9.59 Å². The Bertz CT molecular complexity index is 653. The minimum atomic E-state index is -0.842. The number of carbonyl (C=O) groups excluding carboxylic acids is 1. The molecule has 0 heterocycles. The third-order valence-electron chi connectivity index (χ3n) is 2.96. The van der Waals surface area contributed by atoms with E-state index in [4.69, 9.17) is 10.8 Å². The number of carbonyl (C=O) groups is 2.